The van der Waals surface area contributed by atoms with E-state index in [4.69, 9.17) is 18.9 Å². The van der Waals surface area contributed by atoms with Gasteiger partial charge in [0.1, 0.15) is 61.0 Å². The first-order valence-electron chi connectivity index (χ1n) is 27.9. The molecule has 2 heterocycles. The lowest BCUT2D eigenvalue weighted by molar-refractivity contribution is -0.348. The van der Waals surface area contributed by atoms with E-state index in [0.29, 0.717) is 12.8 Å². The van der Waals surface area contributed by atoms with Crippen LogP contribution in [0.15, 0.2) is 0 Å². The van der Waals surface area contributed by atoms with Gasteiger partial charge in [-0.1, -0.05) is 200 Å². The number of unbranched alkanes of at least 4 members (excludes halogenated alkanes) is 27. The summed E-state index contributed by atoms with van der Waals surface area (Å²) in [6.45, 7) is 3.53. The van der Waals surface area contributed by atoms with Crippen LogP contribution in [-0.2, 0) is 28.5 Å². The summed E-state index contributed by atoms with van der Waals surface area (Å²) in [5, 5.41) is 102. The first kappa shape index (κ1) is 64.5. The second kappa shape index (κ2) is 39.8. The Kier molecular flexibility index (Phi) is 36.7. The highest BCUT2D eigenvalue weighted by atomic mass is 16.7. The van der Waals surface area contributed by atoms with Gasteiger partial charge in [-0.2, -0.15) is 0 Å². The molecule has 0 aromatic heterocycles. The molecule has 14 atom stereocenters. The van der Waals surface area contributed by atoms with Crippen LogP contribution in [0.4, 0.5) is 0 Å². The van der Waals surface area contributed by atoms with Gasteiger partial charge in [-0.25, -0.2) is 0 Å². The summed E-state index contributed by atoms with van der Waals surface area (Å²) in [6.07, 6.45) is 15.8. The molecule has 17 nitrogen and oxygen atoms in total. The van der Waals surface area contributed by atoms with Crippen molar-refractivity contribution in [3.8, 4) is 0 Å². The molecule has 2 saturated heterocycles. The van der Waals surface area contributed by atoms with E-state index in [1.807, 2.05) is 0 Å². The smallest absolute Gasteiger partial charge is 0.249 e. The van der Waals surface area contributed by atoms with E-state index in [1.165, 1.54) is 122 Å². The lowest BCUT2D eigenvalue weighted by atomic mass is 9.95. The number of carbonyl (C=O) groups excluding carboxylic acids is 2. The molecule has 17 heteroatoms. The van der Waals surface area contributed by atoms with Crippen LogP contribution in [0.2, 0.25) is 0 Å². The highest BCUT2D eigenvalue weighted by Gasteiger charge is 2.51. The van der Waals surface area contributed by atoms with Crippen LogP contribution < -0.4 is 10.6 Å². The zero-order valence-electron chi connectivity index (χ0n) is 43.6. The third-order valence-electron chi connectivity index (χ3n) is 14.2. The normalized spacial score (nSPS) is 26.7. The lowest BCUT2D eigenvalue weighted by Crippen LogP contribution is -2.68. The molecule has 2 aliphatic rings. The molecule has 0 aromatic rings. The highest BCUT2D eigenvalue weighted by molar-refractivity contribution is 5.80. The summed E-state index contributed by atoms with van der Waals surface area (Å²) in [6, 6.07) is -2.71. The summed E-state index contributed by atoms with van der Waals surface area (Å²) in [5.74, 6) is -1.40. The van der Waals surface area contributed by atoms with Gasteiger partial charge >= 0.3 is 0 Å². The van der Waals surface area contributed by atoms with Crippen LogP contribution in [0.1, 0.15) is 220 Å². The summed E-state index contributed by atoms with van der Waals surface area (Å²) in [4.78, 5) is 25.4. The van der Waals surface area contributed by atoms with Crippen LogP contribution in [0.5, 0.6) is 0 Å². The monoisotopic (exact) mass is 1010 g/mol. The van der Waals surface area contributed by atoms with E-state index >= 15 is 0 Å². The second-order valence-corrected chi connectivity index (χ2v) is 20.4. The number of aliphatic hydroxyl groups excluding tert-OH is 9. The van der Waals surface area contributed by atoms with E-state index in [2.05, 4.69) is 24.5 Å². The SMILES string of the molecule is CCCCCCCCCCCCCCCCCCCCCC(O)C(=O)NC(COC1OC(CO)C(O)C(OC2OC(CO)C(O)C(O)C2NC(C)=O)C1O)C(O)C(O)CCCCCCCCCCCC. The Hall–Kier alpha value is -1.58. The van der Waals surface area contributed by atoms with E-state index < -0.39 is 117 Å². The van der Waals surface area contributed by atoms with Gasteiger partial charge in [0, 0.05) is 6.92 Å². The van der Waals surface area contributed by atoms with Crippen molar-refractivity contribution in [2.75, 3.05) is 19.8 Å². The minimum Gasteiger partial charge on any atom is -0.394 e. The average molecular weight is 1010 g/mol. The summed E-state index contributed by atoms with van der Waals surface area (Å²) >= 11 is 0. The Labute approximate surface area is 421 Å². The molecule has 14 unspecified atom stereocenters. The Morgan fingerprint density at radius 2 is 0.929 bits per heavy atom. The predicted octanol–water partition coefficient (Wildman–Crippen LogP) is 5.47. The highest BCUT2D eigenvalue weighted by Crippen LogP contribution is 2.30. The molecule has 70 heavy (non-hydrogen) atoms. The van der Waals surface area contributed by atoms with Crippen molar-refractivity contribution >= 4 is 11.8 Å². The van der Waals surface area contributed by atoms with Crippen molar-refractivity contribution in [2.45, 2.75) is 306 Å². The van der Waals surface area contributed by atoms with Gasteiger partial charge in [0.15, 0.2) is 12.6 Å². The second-order valence-electron chi connectivity index (χ2n) is 20.4. The van der Waals surface area contributed by atoms with E-state index in [0.717, 1.165) is 58.3 Å². The van der Waals surface area contributed by atoms with Gasteiger partial charge in [-0.15, -0.1) is 0 Å². The summed E-state index contributed by atoms with van der Waals surface area (Å²) in [5.41, 5.74) is 0. The number of ether oxygens (including phenoxy) is 4. The van der Waals surface area contributed by atoms with Crippen molar-refractivity contribution in [3.63, 3.8) is 0 Å². The molecule has 2 amide bonds. The molecule has 0 spiro atoms. The third kappa shape index (κ3) is 26.1. The van der Waals surface area contributed by atoms with Crippen LogP contribution in [0.25, 0.3) is 0 Å². The van der Waals surface area contributed by atoms with Crippen molar-refractivity contribution in [1.29, 1.82) is 0 Å². The van der Waals surface area contributed by atoms with Gasteiger partial charge in [0.2, 0.25) is 11.8 Å². The van der Waals surface area contributed by atoms with Crippen molar-refractivity contribution in [2.24, 2.45) is 0 Å². The maximum absolute atomic E-state index is 13.4. The molecule has 2 aliphatic heterocycles. The molecule has 2 fully saturated rings. The molecule has 11 N–H and O–H groups in total. The summed E-state index contributed by atoms with van der Waals surface area (Å²) < 4.78 is 23.1. The fourth-order valence-corrected chi connectivity index (χ4v) is 9.62. The van der Waals surface area contributed by atoms with Crippen LogP contribution in [0, 0.1) is 0 Å². The molecule has 0 bridgehead atoms. The van der Waals surface area contributed by atoms with E-state index in [-0.39, 0.29) is 12.8 Å². The number of amides is 2. The zero-order chi connectivity index (χ0) is 51.5. The van der Waals surface area contributed by atoms with Gasteiger partial charge < -0.3 is 75.5 Å². The van der Waals surface area contributed by atoms with Crippen molar-refractivity contribution in [1.82, 2.24) is 10.6 Å². The number of nitrogens with one attached hydrogen (secondary N) is 2. The van der Waals surface area contributed by atoms with Crippen LogP contribution in [-0.4, -0.2) is 163 Å². The fourth-order valence-electron chi connectivity index (χ4n) is 9.62. The number of hydrogen-bond donors (Lipinski definition) is 11. The van der Waals surface area contributed by atoms with Crippen LogP contribution >= 0.6 is 0 Å². The van der Waals surface area contributed by atoms with Crippen molar-refractivity contribution in [3.05, 3.63) is 0 Å². The molecule has 0 saturated carbocycles. The molecule has 0 aliphatic carbocycles. The standard InChI is InChI=1S/C53H102N2O15/c1-4-6-8-10-12-14-16-17-18-19-20-21-22-23-24-26-28-30-32-34-41(60)51(66)55-39(45(61)40(59)33-31-29-27-25-15-13-11-9-7-5-2)37-67-53-49(65)50(47(63)43(36-57)69-53)70-52-44(54-38(3)58)48(64)46(62)42(35-56)68-52/h39-50,52-53,56-57,59-65H,4-37H2,1-3H3,(H,54,58)(H,55,66). The Morgan fingerprint density at radius 1 is 0.529 bits per heavy atom. The third-order valence-corrected chi connectivity index (χ3v) is 14.2. The average Bonchev–Trinajstić information content (AvgIpc) is 3.34. The molecule has 414 valence electrons. The zero-order valence-corrected chi connectivity index (χ0v) is 43.6. The molecular formula is C53H102N2O15. The van der Waals surface area contributed by atoms with Gasteiger partial charge in [0.05, 0.1) is 32.0 Å². The van der Waals surface area contributed by atoms with Crippen LogP contribution in [0.3, 0.4) is 0 Å². The fraction of sp³-hybridized carbons (Fsp3) is 0.962. The Bertz CT molecular complexity index is 1290. The Balaban J connectivity index is 1.94. The number of hydrogen-bond acceptors (Lipinski definition) is 15. The number of aliphatic hydroxyl groups is 9. The predicted molar refractivity (Wildman–Crippen MR) is 268 cm³/mol. The quantitative estimate of drug-likeness (QED) is 0.0338. The maximum Gasteiger partial charge on any atom is 0.249 e. The summed E-state index contributed by atoms with van der Waals surface area (Å²) in [7, 11) is 0. The lowest BCUT2D eigenvalue weighted by Gasteiger charge is -2.47. The first-order valence-corrected chi connectivity index (χ1v) is 27.9. The number of rotatable bonds is 43. The van der Waals surface area contributed by atoms with E-state index in [9.17, 15) is 55.5 Å². The van der Waals surface area contributed by atoms with Gasteiger partial charge in [0.25, 0.3) is 0 Å². The number of carbonyl (C=O) groups is 2. The van der Waals surface area contributed by atoms with E-state index in [1.54, 1.807) is 0 Å². The minimum atomic E-state index is -1.85. The maximum atomic E-state index is 13.4. The molecule has 0 aromatic carbocycles. The first-order chi connectivity index (χ1) is 33.8. The molecule has 2 rings (SSSR count). The topological polar surface area (TPSA) is 277 Å². The molecular weight excluding hydrogens is 905 g/mol. The molecule has 0 radical (unpaired) electrons. The largest absolute Gasteiger partial charge is 0.394 e. The Morgan fingerprint density at radius 3 is 1.36 bits per heavy atom. The van der Waals surface area contributed by atoms with Gasteiger partial charge in [-0.3, -0.25) is 9.59 Å². The minimum absolute atomic E-state index is 0.195. The van der Waals surface area contributed by atoms with Crippen molar-refractivity contribution < 1.29 is 74.5 Å². The van der Waals surface area contributed by atoms with Gasteiger partial charge in [-0.05, 0) is 12.8 Å².